The van der Waals surface area contributed by atoms with Crippen molar-refractivity contribution in [2.24, 2.45) is 5.41 Å². The van der Waals surface area contributed by atoms with Crippen LogP contribution in [0.5, 0.6) is 0 Å². The largest absolute Gasteiger partial charge is 0.444 e. The van der Waals surface area contributed by atoms with E-state index in [9.17, 15) is 14.0 Å². The molecular weight excluding hydrogens is 447 g/mol. The summed E-state index contributed by atoms with van der Waals surface area (Å²) in [4.78, 5) is 32.9. The summed E-state index contributed by atoms with van der Waals surface area (Å²) in [6, 6.07) is 11.4. The molecule has 2 aliphatic rings. The first-order valence-electron chi connectivity index (χ1n) is 11.6. The minimum absolute atomic E-state index is 0.127. The number of pyridine rings is 1. The van der Waals surface area contributed by atoms with Crippen molar-refractivity contribution in [3.63, 3.8) is 0 Å². The van der Waals surface area contributed by atoms with Gasteiger partial charge in [-0.25, -0.2) is 13.9 Å². The fourth-order valence-electron chi connectivity index (χ4n) is 4.86. The molecule has 0 N–H and O–H groups in total. The standard InChI is InChI=1S/C27H27FN4O3/c1-26(2,3)35-25(34)31-13-11-19-14-23-18(16-30-32(23)21-9-7-20(28)8-10-21)15-27(19,17-31)24(33)22-6-4-5-12-29-22/h4-10,12,14,16H,11,13,15,17H2,1-3H3/t27-/m0/s1. The number of aromatic nitrogens is 3. The van der Waals surface area contributed by atoms with Gasteiger partial charge in [0.05, 0.1) is 23.0 Å². The van der Waals surface area contributed by atoms with E-state index in [1.54, 1.807) is 52.3 Å². The summed E-state index contributed by atoms with van der Waals surface area (Å²) in [5, 5.41) is 4.54. The predicted octanol–water partition coefficient (Wildman–Crippen LogP) is 4.86. The van der Waals surface area contributed by atoms with Crippen molar-refractivity contribution < 1.29 is 18.7 Å². The number of ether oxygens (including phenoxy) is 1. The molecule has 3 heterocycles. The maximum atomic E-state index is 14.0. The van der Waals surface area contributed by atoms with E-state index in [1.807, 2.05) is 26.8 Å². The Labute approximate surface area is 203 Å². The average Bonchev–Trinajstić information content (AvgIpc) is 3.24. The first-order chi connectivity index (χ1) is 16.7. The number of Topliss-reactive ketones (excluding diaryl/α,β-unsaturated/α-hetero) is 1. The van der Waals surface area contributed by atoms with E-state index in [1.165, 1.54) is 12.1 Å². The number of amides is 1. The van der Waals surface area contributed by atoms with E-state index in [-0.39, 0.29) is 18.1 Å². The molecule has 7 nitrogen and oxygen atoms in total. The molecular formula is C27H27FN4O3. The number of hydrogen-bond donors (Lipinski definition) is 0. The zero-order chi connectivity index (χ0) is 24.8. The summed E-state index contributed by atoms with van der Waals surface area (Å²) in [7, 11) is 0. The summed E-state index contributed by atoms with van der Waals surface area (Å²) in [5.41, 5.74) is 2.17. The highest BCUT2D eigenvalue weighted by Crippen LogP contribution is 2.46. The second kappa shape index (κ2) is 8.45. The van der Waals surface area contributed by atoms with Crippen molar-refractivity contribution in [1.82, 2.24) is 19.7 Å². The number of fused-ring (bicyclic) bond motifs is 2. The Morgan fingerprint density at radius 3 is 2.57 bits per heavy atom. The molecule has 3 aromatic rings. The molecule has 180 valence electrons. The van der Waals surface area contributed by atoms with Crippen molar-refractivity contribution in [1.29, 1.82) is 0 Å². The number of nitrogens with zero attached hydrogens (tertiary/aromatic N) is 4. The van der Waals surface area contributed by atoms with Gasteiger partial charge in [-0.2, -0.15) is 5.10 Å². The number of hydrogen-bond acceptors (Lipinski definition) is 5. The van der Waals surface area contributed by atoms with Gasteiger partial charge in [-0.1, -0.05) is 11.6 Å². The number of piperidine rings is 1. The molecule has 0 bridgehead atoms. The first-order valence-corrected chi connectivity index (χ1v) is 11.6. The first kappa shape index (κ1) is 23.0. The highest BCUT2D eigenvalue weighted by Gasteiger charge is 2.50. The van der Waals surface area contributed by atoms with Gasteiger partial charge >= 0.3 is 6.09 Å². The van der Waals surface area contributed by atoms with E-state index in [0.717, 1.165) is 22.5 Å². The normalized spacial score (nSPS) is 19.4. The van der Waals surface area contributed by atoms with Gasteiger partial charge in [-0.3, -0.25) is 9.78 Å². The fraction of sp³-hybridized carbons (Fsp3) is 0.333. The Balaban J connectivity index is 1.57. The molecule has 1 amide bonds. The lowest BCUT2D eigenvalue weighted by Crippen LogP contribution is -2.54. The lowest BCUT2D eigenvalue weighted by Gasteiger charge is -2.45. The molecule has 5 rings (SSSR count). The van der Waals surface area contributed by atoms with Crippen LogP contribution in [0.15, 0.2) is 60.4 Å². The maximum absolute atomic E-state index is 14.0. The zero-order valence-corrected chi connectivity index (χ0v) is 20.0. The van der Waals surface area contributed by atoms with Crippen LogP contribution in [0.1, 0.15) is 48.9 Å². The van der Waals surface area contributed by atoms with E-state index in [2.05, 4.69) is 10.1 Å². The summed E-state index contributed by atoms with van der Waals surface area (Å²) < 4.78 is 20.8. The van der Waals surface area contributed by atoms with Gasteiger partial charge in [0.2, 0.25) is 0 Å². The van der Waals surface area contributed by atoms with Gasteiger partial charge in [0.1, 0.15) is 17.1 Å². The second-order valence-electron chi connectivity index (χ2n) is 10.1. The van der Waals surface area contributed by atoms with Crippen molar-refractivity contribution in [3.05, 3.63) is 83.2 Å². The Bertz CT molecular complexity index is 1310. The molecule has 0 radical (unpaired) electrons. The maximum Gasteiger partial charge on any atom is 0.410 e. The van der Waals surface area contributed by atoms with Crippen LogP contribution >= 0.6 is 0 Å². The molecule has 1 aliphatic carbocycles. The van der Waals surface area contributed by atoms with Crippen LogP contribution in [0.3, 0.4) is 0 Å². The van der Waals surface area contributed by atoms with Crippen LogP contribution in [0.25, 0.3) is 11.8 Å². The fourth-order valence-corrected chi connectivity index (χ4v) is 4.86. The zero-order valence-electron chi connectivity index (χ0n) is 20.0. The Morgan fingerprint density at radius 2 is 1.89 bits per heavy atom. The number of carbonyl (C=O) groups is 2. The summed E-state index contributed by atoms with van der Waals surface area (Å²) in [6.45, 7) is 6.12. The summed E-state index contributed by atoms with van der Waals surface area (Å²) in [6.07, 6.45) is 5.81. The monoisotopic (exact) mass is 474 g/mol. The van der Waals surface area contributed by atoms with E-state index < -0.39 is 17.1 Å². The summed E-state index contributed by atoms with van der Waals surface area (Å²) >= 11 is 0. The summed E-state index contributed by atoms with van der Waals surface area (Å²) in [5.74, 6) is -0.444. The van der Waals surface area contributed by atoms with Gasteiger partial charge in [0, 0.05) is 19.3 Å². The van der Waals surface area contributed by atoms with Gasteiger partial charge in [0.25, 0.3) is 0 Å². The molecule has 8 heteroatoms. The van der Waals surface area contributed by atoms with Crippen molar-refractivity contribution >= 4 is 18.0 Å². The van der Waals surface area contributed by atoms with Crippen LogP contribution in [0.2, 0.25) is 0 Å². The van der Waals surface area contributed by atoms with Gasteiger partial charge in [-0.15, -0.1) is 0 Å². The number of rotatable bonds is 3. The molecule has 0 saturated carbocycles. The third-order valence-electron chi connectivity index (χ3n) is 6.47. The smallest absolute Gasteiger partial charge is 0.410 e. The van der Waals surface area contributed by atoms with Gasteiger partial charge < -0.3 is 9.64 Å². The van der Waals surface area contributed by atoms with E-state index in [4.69, 9.17) is 4.74 Å². The molecule has 1 aliphatic heterocycles. The Kier molecular flexibility index (Phi) is 5.54. The van der Waals surface area contributed by atoms with Crippen LogP contribution in [0, 0.1) is 11.2 Å². The third-order valence-corrected chi connectivity index (χ3v) is 6.47. The quantitative estimate of drug-likeness (QED) is 0.507. The number of ketones is 1. The third kappa shape index (κ3) is 4.24. The van der Waals surface area contributed by atoms with Crippen LogP contribution < -0.4 is 0 Å². The van der Waals surface area contributed by atoms with Crippen LogP contribution in [-0.4, -0.2) is 50.2 Å². The number of halogens is 1. The molecule has 1 fully saturated rings. The number of benzene rings is 1. The molecule has 1 atom stereocenters. The van der Waals surface area contributed by atoms with Gasteiger partial charge in [-0.05, 0) is 81.7 Å². The van der Waals surface area contributed by atoms with Gasteiger partial charge in [0.15, 0.2) is 5.78 Å². The number of likely N-dealkylation sites (tertiary alicyclic amines) is 1. The lowest BCUT2D eigenvalue weighted by molar-refractivity contribution is 0.0138. The molecule has 0 spiro atoms. The molecule has 1 aromatic carbocycles. The van der Waals surface area contributed by atoms with Crippen LogP contribution in [0.4, 0.5) is 9.18 Å². The Hall–Kier alpha value is -3.81. The van der Waals surface area contributed by atoms with Crippen molar-refractivity contribution in [2.75, 3.05) is 13.1 Å². The predicted molar refractivity (Wildman–Crippen MR) is 129 cm³/mol. The van der Waals surface area contributed by atoms with E-state index in [0.29, 0.717) is 25.1 Å². The molecule has 0 unspecified atom stereocenters. The van der Waals surface area contributed by atoms with Crippen LogP contribution in [-0.2, 0) is 11.2 Å². The second-order valence-corrected chi connectivity index (χ2v) is 10.1. The van der Waals surface area contributed by atoms with E-state index >= 15 is 0 Å². The minimum Gasteiger partial charge on any atom is -0.444 e. The lowest BCUT2D eigenvalue weighted by atomic mass is 9.65. The molecule has 1 saturated heterocycles. The topological polar surface area (TPSA) is 77.3 Å². The average molecular weight is 475 g/mol. The highest BCUT2D eigenvalue weighted by atomic mass is 19.1. The van der Waals surface area contributed by atoms with Crippen molar-refractivity contribution in [2.45, 2.75) is 39.2 Å². The van der Waals surface area contributed by atoms with Crippen molar-refractivity contribution in [3.8, 4) is 5.69 Å². The molecule has 2 aromatic heterocycles. The SMILES string of the molecule is CC(C)(C)OC(=O)N1CCC2=Cc3c(cnn3-c3ccc(F)cc3)C[C@]2(C(=O)c2ccccn2)C1. The minimum atomic E-state index is -0.965. The Morgan fingerprint density at radius 1 is 1.11 bits per heavy atom. The highest BCUT2D eigenvalue weighted by molar-refractivity contribution is 6.03. The molecule has 35 heavy (non-hydrogen) atoms. The number of carbonyl (C=O) groups excluding carboxylic acids is 2.